The van der Waals surface area contributed by atoms with Crippen molar-refractivity contribution in [2.45, 2.75) is 18.3 Å². The molecule has 0 unspecified atom stereocenters. The monoisotopic (exact) mass is 266 g/mol. The molecule has 0 spiro atoms. The number of aromatic nitrogens is 1. The number of carbonyl (C=O) groups excluding carboxylic acids is 1. The van der Waals surface area contributed by atoms with Crippen LogP contribution >= 0.6 is 0 Å². The van der Waals surface area contributed by atoms with Gasteiger partial charge in [-0.2, -0.15) is 0 Å². The minimum atomic E-state index is -0.407. The number of piperidine rings is 1. The second kappa shape index (κ2) is 5.55. The molecule has 0 atom stereocenters. The molecule has 3 nitrogen and oxygen atoms in total. The van der Waals surface area contributed by atoms with Crippen LogP contribution in [-0.4, -0.2) is 23.9 Å². The summed E-state index contributed by atoms with van der Waals surface area (Å²) in [5, 5.41) is 3.35. The zero-order valence-corrected chi connectivity index (χ0v) is 11.4. The second-order valence-corrected chi connectivity index (χ2v) is 5.27. The molecule has 102 valence electrons. The molecule has 0 aliphatic carbocycles. The van der Waals surface area contributed by atoms with E-state index in [1.807, 2.05) is 30.3 Å². The van der Waals surface area contributed by atoms with Crippen molar-refractivity contribution in [1.82, 2.24) is 10.3 Å². The van der Waals surface area contributed by atoms with Crippen molar-refractivity contribution in [2.24, 2.45) is 0 Å². The summed E-state index contributed by atoms with van der Waals surface area (Å²) in [5.41, 5.74) is 1.42. The molecule has 0 amide bonds. The zero-order chi connectivity index (χ0) is 13.8. The van der Waals surface area contributed by atoms with E-state index in [2.05, 4.69) is 22.4 Å². The third-order valence-corrected chi connectivity index (χ3v) is 4.14. The van der Waals surface area contributed by atoms with E-state index in [4.69, 9.17) is 0 Å². The summed E-state index contributed by atoms with van der Waals surface area (Å²) in [4.78, 5) is 17.1. The maximum Gasteiger partial charge on any atom is 0.175 e. The van der Waals surface area contributed by atoms with Gasteiger partial charge in [-0.1, -0.05) is 30.3 Å². The van der Waals surface area contributed by atoms with Gasteiger partial charge in [-0.15, -0.1) is 0 Å². The highest BCUT2D eigenvalue weighted by Crippen LogP contribution is 2.36. The molecule has 1 aromatic carbocycles. The predicted molar refractivity (Wildman–Crippen MR) is 78.8 cm³/mol. The minimum absolute atomic E-state index is 0.193. The van der Waals surface area contributed by atoms with E-state index in [-0.39, 0.29) is 5.78 Å². The van der Waals surface area contributed by atoms with Gasteiger partial charge in [0.15, 0.2) is 5.78 Å². The van der Waals surface area contributed by atoms with Crippen LogP contribution in [0.3, 0.4) is 0 Å². The first kappa shape index (κ1) is 13.0. The van der Waals surface area contributed by atoms with Gasteiger partial charge in [0.1, 0.15) is 0 Å². The normalized spacial score (nSPS) is 17.6. The van der Waals surface area contributed by atoms with Gasteiger partial charge in [-0.3, -0.25) is 9.78 Å². The van der Waals surface area contributed by atoms with Crippen LogP contribution in [0.1, 0.15) is 28.8 Å². The van der Waals surface area contributed by atoms with Gasteiger partial charge in [0.2, 0.25) is 0 Å². The second-order valence-electron chi connectivity index (χ2n) is 5.27. The average molecular weight is 266 g/mol. The van der Waals surface area contributed by atoms with E-state index in [0.29, 0.717) is 5.56 Å². The molecular formula is C17H18N2O. The van der Waals surface area contributed by atoms with Crippen molar-refractivity contribution in [2.75, 3.05) is 13.1 Å². The number of pyridine rings is 1. The minimum Gasteiger partial charge on any atom is -0.317 e. The molecule has 2 aromatic rings. The standard InChI is InChI=1S/C17H18N2O/c20-16(14-5-4-10-19-13-14)17(8-11-18-12-9-17)15-6-2-1-3-7-15/h1-7,10,13,18H,8-9,11-12H2. The Kier molecular flexibility index (Phi) is 3.61. The molecule has 1 N–H and O–H groups in total. The topological polar surface area (TPSA) is 42.0 Å². The van der Waals surface area contributed by atoms with Crippen molar-refractivity contribution < 1.29 is 4.79 Å². The lowest BCUT2D eigenvalue weighted by Gasteiger charge is -2.36. The number of benzene rings is 1. The lowest BCUT2D eigenvalue weighted by atomic mass is 9.68. The summed E-state index contributed by atoms with van der Waals surface area (Å²) < 4.78 is 0. The highest BCUT2D eigenvalue weighted by Gasteiger charge is 2.41. The quantitative estimate of drug-likeness (QED) is 0.868. The lowest BCUT2D eigenvalue weighted by molar-refractivity contribution is 0.0847. The molecule has 0 radical (unpaired) electrons. The fourth-order valence-corrected chi connectivity index (χ4v) is 3.03. The van der Waals surface area contributed by atoms with Crippen molar-refractivity contribution in [3.63, 3.8) is 0 Å². The highest BCUT2D eigenvalue weighted by molar-refractivity contribution is 6.04. The Hall–Kier alpha value is -2.00. The molecule has 1 aliphatic heterocycles. The number of rotatable bonds is 3. The molecule has 2 heterocycles. The molecule has 0 saturated carbocycles. The highest BCUT2D eigenvalue weighted by atomic mass is 16.1. The van der Waals surface area contributed by atoms with E-state index in [1.165, 1.54) is 0 Å². The number of Topliss-reactive ketones (excluding diaryl/α,β-unsaturated/α-hetero) is 1. The predicted octanol–water partition coefficient (Wildman–Crippen LogP) is 2.59. The van der Waals surface area contributed by atoms with Gasteiger partial charge in [-0.05, 0) is 43.6 Å². The van der Waals surface area contributed by atoms with E-state index in [0.717, 1.165) is 31.5 Å². The SMILES string of the molecule is O=C(c1cccnc1)C1(c2ccccc2)CCNCC1. The van der Waals surface area contributed by atoms with E-state index in [1.54, 1.807) is 12.4 Å². The maximum absolute atomic E-state index is 13.1. The molecule has 20 heavy (non-hydrogen) atoms. The Balaban J connectivity index is 2.05. The Morgan fingerprint density at radius 2 is 1.80 bits per heavy atom. The summed E-state index contributed by atoms with van der Waals surface area (Å²) in [7, 11) is 0. The van der Waals surface area contributed by atoms with Crippen molar-refractivity contribution in [3.8, 4) is 0 Å². The van der Waals surface area contributed by atoms with E-state index >= 15 is 0 Å². The number of ketones is 1. The van der Waals surface area contributed by atoms with Crippen LogP contribution in [0.5, 0.6) is 0 Å². The van der Waals surface area contributed by atoms with Gasteiger partial charge in [0, 0.05) is 18.0 Å². The molecule has 0 bridgehead atoms. The summed E-state index contributed by atoms with van der Waals surface area (Å²) in [6.07, 6.45) is 5.05. The number of hydrogen-bond acceptors (Lipinski definition) is 3. The fourth-order valence-electron chi connectivity index (χ4n) is 3.03. The lowest BCUT2D eigenvalue weighted by Crippen LogP contribution is -2.45. The molecule has 1 fully saturated rings. The van der Waals surface area contributed by atoms with Gasteiger partial charge in [0.05, 0.1) is 5.41 Å². The first-order chi connectivity index (χ1) is 9.83. The average Bonchev–Trinajstić information content (AvgIpc) is 2.56. The summed E-state index contributed by atoms with van der Waals surface area (Å²) >= 11 is 0. The van der Waals surface area contributed by atoms with Crippen LogP contribution < -0.4 is 5.32 Å². The number of carbonyl (C=O) groups is 1. The Bertz CT molecular complexity index is 574. The zero-order valence-electron chi connectivity index (χ0n) is 11.4. The van der Waals surface area contributed by atoms with Crippen LogP contribution in [0.15, 0.2) is 54.9 Å². The molecule has 1 aliphatic rings. The first-order valence-corrected chi connectivity index (χ1v) is 7.04. The van der Waals surface area contributed by atoms with Crippen LogP contribution in [-0.2, 0) is 5.41 Å². The molecule has 1 saturated heterocycles. The largest absolute Gasteiger partial charge is 0.317 e. The third kappa shape index (κ3) is 2.25. The number of nitrogens with zero attached hydrogens (tertiary/aromatic N) is 1. The fraction of sp³-hybridized carbons (Fsp3) is 0.294. The summed E-state index contributed by atoms with van der Waals surface area (Å²) in [6, 6.07) is 13.8. The van der Waals surface area contributed by atoms with E-state index < -0.39 is 5.41 Å². The molecule has 3 rings (SSSR count). The molecule has 3 heteroatoms. The molecular weight excluding hydrogens is 248 g/mol. The maximum atomic E-state index is 13.1. The van der Waals surface area contributed by atoms with Gasteiger partial charge in [0.25, 0.3) is 0 Å². The van der Waals surface area contributed by atoms with Crippen molar-refractivity contribution in [1.29, 1.82) is 0 Å². The van der Waals surface area contributed by atoms with Crippen molar-refractivity contribution >= 4 is 5.78 Å². The Labute approximate surface area is 119 Å². The first-order valence-electron chi connectivity index (χ1n) is 7.04. The summed E-state index contributed by atoms with van der Waals surface area (Å²) in [5.74, 6) is 0.193. The van der Waals surface area contributed by atoms with Gasteiger partial charge < -0.3 is 5.32 Å². The van der Waals surface area contributed by atoms with Crippen LogP contribution in [0.25, 0.3) is 0 Å². The number of nitrogens with one attached hydrogen (secondary N) is 1. The smallest absolute Gasteiger partial charge is 0.175 e. The Morgan fingerprint density at radius 3 is 2.45 bits per heavy atom. The van der Waals surface area contributed by atoms with Crippen LogP contribution in [0, 0.1) is 0 Å². The summed E-state index contributed by atoms with van der Waals surface area (Å²) in [6.45, 7) is 1.75. The number of hydrogen-bond donors (Lipinski definition) is 1. The van der Waals surface area contributed by atoms with Crippen molar-refractivity contribution in [3.05, 3.63) is 66.0 Å². The van der Waals surface area contributed by atoms with Crippen LogP contribution in [0.4, 0.5) is 0 Å². The molecule has 1 aromatic heterocycles. The van der Waals surface area contributed by atoms with Gasteiger partial charge in [-0.25, -0.2) is 0 Å². The van der Waals surface area contributed by atoms with Crippen LogP contribution in [0.2, 0.25) is 0 Å². The van der Waals surface area contributed by atoms with Gasteiger partial charge >= 0.3 is 0 Å². The third-order valence-electron chi connectivity index (χ3n) is 4.14. The Morgan fingerprint density at radius 1 is 1.05 bits per heavy atom. The van der Waals surface area contributed by atoms with E-state index in [9.17, 15) is 4.79 Å².